The van der Waals surface area contributed by atoms with Crippen molar-refractivity contribution >= 4 is 72.5 Å². The summed E-state index contributed by atoms with van der Waals surface area (Å²) in [6, 6.07) is -11.9. The van der Waals surface area contributed by atoms with E-state index < -0.39 is 204 Å². The highest BCUT2D eigenvalue weighted by molar-refractivity contribution is 7.93. The van der Waals surface area contributed by atoms with Gasteiger partial charge in [-0.3, -0.25) is 14.2 Å². The van der Waals surface area contributed by atoms with E-state index in [9.17, 15) is 40.0 Å². The number of halogens is 4. The molecular weight excluding hydrogens is 733 g/mol. The molecule has 2 aromatic carbocycles. The van der Waals surface area contributed by atoms with Crippen molar-refractivity contribution in [3.05, 3.63) is 81.2 Å². The highest BCUT2D eigenvalue weighted by Gasteiger charge is 2.37. The predicted octanol–water partition coefficient (Wildman–Crippen LogP) is 6.03. The van der Waals surface area contributed by atoms with Gasteiger partial charge >= 0.3 is 17.9 Å². The van der Waals surface area contributed by atoms with Crippen LogP contribution in [-0.4, -0.2) is 58.6 Å². The fourth-order valence-electron chi connectivity index (χ4n) is 2.86. The first-order valence-corrected chi connectivity index (χ1v) is 15.8. The number of sulfonamides is 2. The minimum Gasteiger partial charge on any atom is -0.463 e. The summed E-state index contributed by atoms with van der Waals surface area (Å²) in [4.78, 5) is 36.5. The van der Waals surface area contributed by atoms with Crippen LogP contribution in [0.2, 0.25) is 11.5 Å². The predicted molar refractivity (Wildman–Crippen MR) is 179 cm³/mol. The number of carbonyl (C=O) groups is 3. The van der Waals surface area contributed by atoms with E-state index in [0.29, 0.717) is 0 Å². The van der Waals surface area contributed by atoms with Gasteiger partial charge in [0.1, 0.15) is 22.1 Å². The second-order valence-electron chi connectivity index (χ2n) is 8.07. The molecule has 12 nitrogen and oxygen atoms in total. The summed E-state index contributed by atoms with van der Waals surface area (Å²) in [7, 11) is -12.3. The molecule has 2 atom stereocenters. The van der Waals surface area contributed by atoms with Crippen LogP contribution in [0.25, 0.3) is 0 Å². The van der Waals surface area contributed by atoms with Crippen molar-refractivity contribution in [1.29, 1.82) is 0 Å². The largest absolute Gasteiger partial charge is 0.463 e. The maximum atomic E-state index is 14.0. The van der Waals surface area contributed by atoms with Crippen molar-refractivity contribution < 1.29 is 89.9 Å². The third-order valence-electron chi connectivity index (χ3n) is 4.80. The van der Waals surface area contributed by atoms with E-state index in [2.05, 4.69) is 14.2 Å². The number of hydrogen-bond donors (Lipinski definition) is 2. The molecule has 4 rings (SSSR count). The smallest absolute Gasteiger partial charge is 0.337 e. The molecule has 0 saturated heterocycles. The molecule has 2 N–H and O–H groups in total. The van der Waals surface area contributed by atoms with E-state index in [1.807, 2.05) is 0 Å². The van der Waals surface area contributed by atoms with Gasteiger partial charge in [-0.25, -0.2) is 35.2 Å². The quantitative estimate of drug-likeness (QED) is 0.202. The zero-order valence-electron chi connectivity index (χ0n) is 49.8. The van der Waals surface area contributed by atoms with Crippen LogP contribution in [0.4, 0.5) is 20.2 Å². The van der Waals surface area contributed by atoms with Crippen LogP contribution in [0.5, 0.6) is 0 Å². The summed E-state index contributed by atoms with van der Waals surface area (Å²) in [6.07, 6.45) is -24.2. The van der Waals surface area contributed by atoms with Crippen LogP contribution in [0.3, 0.4) is 0 Å². The molecule has 2 aliphatic carbocycles. The summed E-state index contributed by atoms with van der Waals surface area (Å²) in [6.45, 7) is -4.89. The Kier molecular flexibility index (Phi) is 6.00. The highest BCUT2D eigenvalue weighted by Crippen LogP contribution is 2.31. The first kappa shape index (κ1) is 16.5. The lowest BCUT2D eigenvalue weighted by Crippen LogP contribution is -2.35. The Labute approximate surface area is 329 Å². The maximum absolute atomic E-state index is 14.0. The van der Waals surface area contributed by atoms with Gasteiger partial charge in [0, 0.05) is 27.5 Å². The molecule has 0 aliphatic heterocycles. The minimum absolute atomic E-state index is 0.880. The van der Waals surface area contributed by atoms with E-state index >= 15 is 0 Å². The van der Waals surface area contributed by atoms with E-state index in [-0.39, 0.29) is 0 Å². The number of anilines is 2. The van der Waals surface area contributed by atoms with Gasteiger partial charge in [0.15, 0.2) is 1.41 Å². The van der Waals surface area contributed by atoms with Crippen LogP contribution >= 0.6 is 23.2 Å². The molecule has 2 aliphatic rings. The van der Waals surface area contributed by atoms with Gasteiger partial charge in [-0.15, -0.1) is 0 Å². The molecule has 0 unspecified atom stereocenters. The summed E-state index contributed by atoms with van der Waals surface area (Å²) in [5, 5.41) is -11.2. The maximum Gasteiger partial charge on any atom is 0.337 e. The first-order chi connectivity index (χ1) is 33.3. The molecule has 268 valence electrons. The molecule has 0 saturated carbocycles. The molecule has 0 aromatic heterocycles. The summed E-state index contributed by atoms with van der Waals surface area (Å²) in [5.74, 6) is -8.61. The molecule has 49 heavy (non-hydrogen) atoms. The Hall–Kier alpha value is -3.73. The van der Waals surface area contributed by atoms with Crippen molar-refractivity contribution in [2.45, 2.75) is 62.5 Å². The van der Waals surface area contributed by atoms with Gasteiger partial charge in [0.05, 0.1) is 52.9 Å². The molecule has 0 fully saturated rings. The van der Waals surface area contributed by atoms with Crippen LogP contribution in [0.15, 0.2) is 59.5 Å². The Balaban J connectivity index is 0.000000395. The van der Waals surface area contributed by atoms with Gasteiger partial charge < -0.3 is 14.2 Å². The van der Waals surface area contributed by atoms with Crippen LogP contribution < -0.4 is 9.44 Å². The standard InChI is InChI=1S/C16H17ClFNO6S.C15H17ClFNO4S/c1-10(20)24-9-25-16(21)12-4-2-3-5-15(12)26(22,23)19-14-7-6-11(18)8-13(14)17;1-2-22-15(19)11-5-3-4-6-14(11)23(20,21)18-13-8-7-10(17)9-12(13)16/h4,6-8,15,19H,2-3,5,9H2,1H3;5,7-9,14,18H,2-4,6H2,1H3/t15-;14-/m11/s1/i2D2,3D2,4D,5D2,6D,7D,8D,15D;1D3,3D2,4D2,5D,6D2,7D,8D,9D,14D/hD. The second kappa shape index (κ2) is 17.8. The van der Waals surface area contributed by atoms with Crippen molar-refractivity contribution in [2.75, 3.05) is 22.8 Å². The van der Waals surface area contributed by atoms with Gasteiger partial charge in [0.2, 0.25) is 26.8 Å². The van der Waals surface area contributed by atoms with Gasteiger partial charge in [-0.2, -0.15) is 0 Å². The molecule has 0 heterocycles. The van der Waals surface area contributed by atoms with E-state index in [1.165, 1.54) is 4.72 Å². The van der Waals surface area contributed by atoms with Crippen LogP contribution in [-0.2, 0) is 48.6 Å². The molecule has 18 heteroatoms. The number of benzene rings is 2. The number of carbonyl (C=O) groups excluding carboxylic acids is 3. The summed E-state index contributed by atoms with van der Waals surface area (Å²) >= 11 is 11.4. The zero-order valence-corrected chi connectivity index (χ0v) is 26.9. The number of ether oxygens (including phenoxy) is 3. The average Bonchev–Trinajstić information content (AvgIpc) is 3.28. The van der Waals surface area contributed by atoms with Crippen molar-refractivity contribution in [2.24, 2.45) is 0 Å². The lowest BCUT2D eigenvalue weighted by Gasteiger charge is -2.24. The number of rotatable bonds is 11. The fraction of sp³-hybridized carbons (Fsp3) is 0.387. The van der Waals surface area contributed by atoms with Crippen molar-refractivity contribution in [1.82, 2.24) is 0 Å². The van der Waals surface area contributed by atoms with Crippen LogP contribution in [0, 0.1) is 11.6 Å². The summed E-state index contributed by atoms with van der Waals surface area (Å²) in [5.41, 5.74) is -6.60. The van der Waals surface area contributed by atoms with Gasteiger partial charge in [-0.05, 0) is 81.3 Å². The number of esters is 3. The monoisotopic (exact) mass is 792 g/mol. The first-order valence-electron chi connectivity index (χ1n) is 25.1. The fourth-order valence-corrected chi connectivity index (χ4v) is 5.47. The highest BCUT2D eigenvalue weighted by atomic mass is 35.5. The Morgan fingerprint density at radius 2 is 1.41 bits per heavy atom. The second-order valence-corrected chi connectivity index (χ2v) is 12.0. The van der Waals surface area contributed by atoms with Crippen LogP contribution in [0.1, 0.15) is 86.3 Å². The Bertz CT molecular complexity index is 3000. The SMILES string of the molecule is [2H]C1=C(C(=O)OCC([2H])([2H])[2H])[C@]([2H])(S(=O)(=O)N([2H])c2c([2H])c([2H])c(F)c([2H])c2Cl)C([2H])([2H])C([2H])([2H])C1([2H])[2H].[2H]C1=C(C(=O)OCOC(C)=O)[C@]([2H])(S(=O)(=O)Nc2c([2H])c([2H])c(F)c([2H])c2Cl)C([2H])([2H])C([2H])([2H])C1([2H])[2H]. The molecule has 0 radical (unpaired) electrons. The molecule has 2 aromatic rings. The molecule has 0 bridgehead atoms. The average molecular weight is 794 g/mol. The van der Waals surface area contributed by atoms with Crippen molar-refractivity contribution in [3.8, 4) is 0 Å². The van der Waals surface area contributed by atoms with E-state index in [0.717, 1.165) is 6.92 Å². The number of allylic oxidation sites excluding steroid dienone is 2. The summed E-state index contributed by atoms with van der Waals surface area (Å²) < 4.78 is 300. The third kappa shape index (κ3) is 11.4. The van der Waals surface area contributed by atoms with Gasteiger partial charge in [-0.1, -0.05) is 35.3 Å². The minimum atomic E-state index is -6.34. The molecule has 0 amide bonds. The Morgan fingerprint density at radius 1 is 0.898 bits per heavy atom. The van der Waals surface area contributed by atoms with E-state index in [4.69, 9.17) is 58.9 Å². The van der Waals surface area contributed by atoms with Crippen molar-refractivity contribution in [3.63, 3.8) is 0 Å². The molecule has 0 spiro atoms. The lowest BCUT2D eigenvalue weighted by atomic mass is 9.99. The topological polar surface area (TPSA) is 171 Å². The lowest BCUT2D eigenvalue weighted by molar-refractivity contribution is -0.163. The van der Waals surface area contributed by atoms with Gasteiger partial charge in [0.25, 0.3) is 0 Å². The molecular formula is C31H34Cl2F2N2O10S2. The number of nitrogens with one attached hydrogen (secondary N) is 2. The normalized spacial score (nSPS) is 35.2. The van der Waals surface area contributed by atoms with E-state index in [1.54, 1.807) is 0 Å². The Morgan fingerprint density at radius 3 is 1.96 bits per heavy atom. The zero-order chi connectivity index (χ0) is 59.3. The number of hydrogen-bond acceptors (Lipinski definition) is 10. The third-order valence-corrected chi connectivity index (χ3v) is 7.92.